The number of ether oxygens (including phenoxy) is 1. The number of nitrogens with zero attached hydrogens (tertiary/aromatic N) is 3. The molecule has 0 radical (unpaired) electrons. The van der Waals surface area contributed by atoms with Crippen LogP contribution in [0, 0.1) is 6.92 Å². The third-order valence-electron chi connectivity index (χ3n) is 4.50. The van der Waals surface area contributed by atoms with Crippen molar-refractivity contribution in [2.24, 2.45) is 5.73 Å². The first kappa shape index (κ1) is 19.3. The number of thiazole rings is 1. The van der Waals surface area contributed by atoms with E-state index in [0.29, 0.717) is 18.8 Å². The average molecular weight is 388 g/mol. The average Bonchev–Trinajstić information content (AvgIpc) is 2.92. The van der Waals surface area contributed by atoms with Gasteiger partial charge < -0.3 is 15.4 Å². The molecule has 2 aromatic rings. The number of primary amides is 1. The van der Waals surface area contributed by atoms with Gasteiger partial charge in [-0.2, -0.15) is 0 Å². The number of aryl methyl sites for hydroxylation is 1. The van der Waals surface area contributed by atoms with E-state index in [1.807, 2.05) is 11.8 Å². The molecule has 1 saturated heterocycles. The van der Waals surface area contributed by atoms with Crippen LogP contribution in [0.2, 0.25) is 0 Å². The third-order valence-corrected chi connectivity index (χ3v) is 5.32. The van der Waals surface area contributed by atoms with Gasteiger partial charge in [0.15, 0.2) is 6.61 Å². The smallest absolute Gasteiger partial charge is 0.260 e. The van der Waals surface area contributed by atoms with E-state index < -0.39 is 5.91 Å². The Morgan fingerprint density at radius 3 is 2.78 bits per heavy atom. The van der Waals surface area contributed by atoms with Crippen LogP contribution in [0.4, 0.5) is 0 Å². The number of nitrogens with two attached hydrogens (primary N) is 1. The lowest BCUT2D eigenvalue weighted by molar-refractivity contribution is -0.133. The van der Waals surface area contributed by atoms with Crippen molar-refractivity contribution in [2.75, 3.05) is 32.8 Å². The quantitative estimate of drug-likeness (QED) is 0.813. The summed E-state index contributed by atoms with van der Waals surface area (Å²) in [6, 6.07) is 6.69. The normalized spacial score (nSPS) is 15.4. The molecule has 2 amide bonds. The fraction of sp³-hybridized carbons (Fsp3) is 0.421. The van der Waals surface area contributed by atoms with Gasteiger partial charge in [-0.05, 0) is 25.5 Å². The SMILES string of the molecule is Cc1nc(CN2CCCN(C(=O)COc3ccccc3C(N)=O)CC2)cs1. The van der Waals surface area contributed by atoms with Gasteiger partial charge in [0.25, 0.3) is 11.8 Å². The van der Waals surface area contributed by atoms with Crippen LogP contribution in [0.25, 0.3) is 0 Å². The van der Waals surface area contributed by atoms with Crippen molar-refractivity contribution in [3.8, 4) is 5.75 Å². The Morgan fingerprint density at radius 1 is 1.22 bits per heavy atom. The van der Waals surface area contributed by atoms with Crippen LogP contribution in [-0.4, -0.2) is 59.4 Å². The molecule has 2 N–H and O–H groups in total. The molecule has 27 heavy (non-hydrogen) atoms. The zero-order chi connectivity index (χ0) is 19.2. The second kappa shape index (κ2) is 8.96. The topological polar surface area (TPSA) is 88.8 Å². The Hall–Kier alpha value is -2.45. The maximum absolute atomic E-state index is 12.5. The number of para-hydroxylation sites is 1. The molecule has 144 valence electrons. The number of rotatable bonds is 6. The molecule has 1 fully saturated rings. The Labute approximate surface area is 162 Å². The largest absolute Gasteiger partial charge is 0.483 e. The molecule has 3 rings (SSSR count). The number of amides is 2. The number of benzene rings is 1. The van der Waals surface area contributed by atoms with Crippen LogP contribution < -0.4 is 10.5 Å². The van der Waals surface area contributed by atoms with Gasteiger partial charge in [0.2, 0.25) is 0 Å². The molecule has 7 nitrogen and oxygen atoms in total. The van der Waals surface area contributed by atoms with Gasteiger partial charge in [0.1, 0.15) is 5.75 Å². The van der Waals surface area contributed by atoms with Crippen LogP contribution in [0.1, 0.15) is 27.5 Å². The minimum atomic E-state index is -0.569. The highest BCUT2D eigenvalue weighted by molar-refractivity contribution is 7.09. The molecule has 1 aliphatic rings. The van der Waals surface area contributed by atoms with Crippen LogP contribution in [0.5, 0.6) is 5.75 Å². The predicted octanol–water partition coefficient (Wildman–Crippen LogP) is 1.66. The van der Waals surface area contributed by atoms with Gasteiger partial charge in [-0.15, -0.1) is 11.3 Å². The minimum absolute atomic E-state index is 0.0828. The van der Waals surface area contributed by atoms with Gasteiger partial charge in [-0.25, -0.2) is 4.98 Å². The van der Waals surface area contributed by atoms with Crippen LogP contribution in [-0.2, 0) is 11.3 Å². The van der Waals surface area contributed by atoms with Gasteiger partial charge in [0, 0.05) is 38.1 Å². The third kappa shape index (κ3) is 5.27. The van der Waals surface area contributed by atoms with Crippen molar-refractivity contribution in [2.45, 2.75) is 19.9 Å². The molecule has 8 heteroatoms. The van der Waals surface area contributed by atoms with Gasteiger partial charge in [-0.3, -0.25) is 14.5 Å². The van der Waals surface area contributed by atoms with E-state index >= 15 is 0 Å². The summed E-state index contributed by atoms with van der Waals surface area (Å²) in [6.07, 6.45) is 0.909. The minimum Gasteiger partial charge on any atom is -0.483 e. The Bertz CT molecular complexity index is 808. The lowest BCUT2D eigenvalue weighted by Crippen LogP contribution is -2.38. The fourth-order valence-corrected chi connectivity index (χ4v) is 3.72. The van der Waals surface area contributed by atoms with Gasteiger partial charge in [0.05, 0.1) is 16.3 Å². The summed E-state index contributed by atoms with van der Waals surface area (Å²) in [6.45, 7) is 5.82. The molecule has 0 aliphatic carbocycles. The fourth-order valence-electron chi connectivity index (χ4n) is 3.12. The van der Waals surface area contributed by atoms with Crippen molar-refractivity contribution in [1.29, 1.82) is 0 Å². The summed E-state index contributed by atoms with van der Waals surface area (Å²) in [5.74, 6) is -0.310. The van der Waals surface area contributed by atoms with E-state index in [2.05, 4.69) is 15.3 Å². The molecule has 1 aliphatic heterocycles. The Balaban J connectivity index is 1.51. The highest BCUT2D eigenvalue weighted by Gasteiger charge is 2.20. The first-order chi connectivity index (χ1) is 13.0. The number of aromatic nitrogens is 1. The molecule has 1 aromatic heterocycles. The van der Waals surface area contributed by atoms with E-state index in [1.54, 1.807) is 35.6 Å². The summed E-state index contributed by atoms with van der Waals surface area (Å²) in [7, 11) is 0. The first-order valence-corrected chi connectivity index (χ1v) is 9.83. The van der Waals surface area contributed by atoms with E-state index in [9.17, 15) is 9.59 Å². The number of carbonyl (C=O) groups excluding carboxylic acids is 2. The maximum Gasteiger partial charge on any atom is 0.260 e. The van der Waals surface area contributed by atoms with Crippen LogP contribution >= 0.6 is 11.3 Å². The zero-order valence-electron chi connectivity index (χ0n) is 15.4. The molecule has 0 unspecified atom stereocenters. The van der Waals surface area contributed by atoms with E-state index in [1.165, 1.54) is 0 Å². The summed E-state index contributed by atoms with van der Waals surface area (Å²) < 4.78 is 5.57. The Kier molecular flexibility index (Phi) is 6.41. The molecule has 0 saturated carbocycles. The summed E-state index contributed by atoms with van der Waals surface area (Å²) in [5, 5.41) is 3.16. The van der Waals surface area contributed by atoms with Gasteiger partial charge in [-0.1, -0.05) is 12.1 Å². The first-order valence-electron chi connectivity index (χ1n) is 8.95. The predicted molar refractivity (Wildman–Crippen MR) is 104 cm³/mol. The molecular weight excluding hydrogens is 364 g/mol. The molecule has 1 aromatic carbocycles. The summed E-state index contributed by atoms with van der Waals surface area (Å²) >= 11 is 1.66. The Morgan fingerprint density at radius 2 is 2.04 bits per heavy atom. The second-order valence-corrected chi connectivity index (χ2v) is 7.58. The number of carbonyl (C=O) groups is 2. The van der Waals surface area contributed by atoms with Crippen molar-refractivity contribution >= 4 is 23.2 Å². The second-order valence-electron chi connectivity index (χ2n) is 6.52. The number of hydrogen-bond donors (Lipinski definition) is 1. The standard InChI is InChI=1S/C19H24N4O3S/c1-14-21-15(13-27-14)11-22-7-4-8-23(10-9-22)18(24)12-26-17-6-3-2-5-16(17)19(20)25/h2-3,5-6,13H,4,7-12H2,1H3,(H2,20,25). The van der Waals surface area contributed by atoms with Crippen molar-refractivity contribution in [3.63, 3.8) is 0 Å². The molecule has 0 atom stereocenters. The number of hydrogen-bond acceptors (Lipinski definition) is 6. The summed E-state index contributed by atoms with van der Waals surface area (Å²) in [5.41, 5.74) is 6.71. The lowest BCUT2D eigenvalue weighted by atomic mass is 10.2. The van der Waals surface area contributed by atoms with E-state index in [-0.39, 0.29) is 18.1 Å². The monoisotopic (exact) mass is 388 g/mol. The summed E-state index contributed by atoms with van der Waals surface area (Å²) in [4.78, 5) is 32.6. The van der Waals surface area contributed by atoms with Crippen molar-refractivity contribution in [3.05, 3.63) is 45.9 Å². The highest BCUT2D eigenvalue weighted by Crippen LogP contribution is 2.17. The van der Waals surface area contributed by atoms with E-state index in [0.717, 1.165) is 36.8 Å². The zero-order valence-corrected chi connectivity index (χ0v) is 16.2. The van der Waals surface area contributed by atoms with Crippen molar-refractivity contribution in [1.82, 2.24) is 14.8 Å². The lowest BCUT2D eigenvalue weighted by Gasteiger charge is -2.22. The van der Waals surface area contributed by atoms with Crippen LogP contribution in [0.3, 0.4) is 0 Å². The van der Waals surface area contributed by atoms with Crippen LogP contribution in [0.15, 0.2) is 29.6 Å². The van der Waals surface area contributed by atoms with E-state index in [4.69, 9.17) is 10.5 Å². The van der Waals surface area contributed by atoms with Crippen molar-refractivity contribution < 1.29 is 14.3 Å². The maximum atomic E-state index is 12.5. The van der Waals surface area contributed by atoms with Gasteiger partial charge >= 0.3 is 0 Å². The molecule has 0 spiro atoms. The molecular formula is C19H24N4O3S. The molecule has 0 bridgehead atoms. The highest BCUT2D eigenvalue weighted by atomic mass is 32.1. The molecule has 2 heterocycles.